The predicted octanol–water partition coefficient (Wildman–Crippen LogP) is 3.18. The molecular weight excluding hydrogens is 288 g/mol. The maximum Gasteiger partial charge on any atom is 0.131 e. The molecule has 1 fully saturated rings. The average molecular weight is 305 g/mol. The van der Waals surface area contributed by atoms with E-state index in [1.807, 2.05) is 6.07 Å². The molecule has 1 aliphatic rings. The lowest BCUT2D eigenvalue weighted by Crippen LogP contribution is -2.09. The van der Waals surface area contributed by atoms with Gasteiger partial charge in [-0.15, -0.1) is 0 Å². The van der Waals surface area contributed by atoms with Crippen LogP contribution in [0.15, 0.2) is 24.3 Å². The molecule has 0 aliphatic carbocycles. The van der Waals surface area contributed by atoms with Crippen molar-refractivity contribution in [2.45, 2.75) is 25.8 Å². The van der Waals surface area contributed by atoms with Crippen LogP contribution in [0.1, 0.15) is 29.4 Å². The van der Waals surface area contributed by atoms with E-state index in [-0.39, 0.29) is 18.0 Å². The predicted molar refractivity (Wildman–Crippen MR) is 78.6 cm³/mol. The van der Waals surface area contributed by atoms with Crippen LogP contribution in [0.5, 0.6) is 0 Å². The van der Waals surface area contributed by atoms with E-state index in [0.29, 0.717) is 18.2 Å². The van der Waals surface area contributed by atoms with Crippen LogP contribution in [0.25, 0.3) is 0 Å². The highest BCUT2D eigenvalue weighted by molar-refractivity contribution is 5.38. The first kappa shape index (κ1) is 14.8. The van der Waals surface area contributed by atoms with E-state index in [1.165, 1.54) is 18.2 Å². The van der Waals surface area contributed by atoms with Crippen molar-refractivity contribution < 1.29 is 13.5 Å². The Bertz CT molecular complexity index is 652. The van der Waals surface area contributed by atoms with Gasteiger partial charge in [-0.2, -0.15) is 0 Å². The molecular formula is C16H17F2N3O. The zero-order valence-electron chi connectivity index (χ0n) is 12.3. The van der Waals surface area contributed by atoms with Crippen LogP contribution in [-0.2, 0) is 11.3 Å². The Morgan fingerprint density at radius 1 is 1.27 bits per heavy atom. The number of nitrogens with one attached hydrogen (secondary N) is 1. The molecule has 116 valence electrons. The van der Waals surface area contributed by atoms with Gasteiger partial charge in [0.1, 0.15) is 23.3 Å². The highest BCUT2D eigenvalue weighted by Crippen LogP contribution is 2.25. The molecule has 1 unspecified atom stereocenters. The summed E-state index contributed by atoms with van der Waals surface area (Å²) in [4.78, 5) is 8.70. The smallest absolute Gasteiger partial charge is 0.131 e. The van der Waals surface area contributed by atoms with Crippen molar-refractivity contribution in [2.75, 3.05) is 18.5 Å². The van der Waals surface area contributed by atoms with E-state index in [2.05, 4.69) is 15.3 Å². The molecule has 1 atom stereocenters. The molecule has 1 aromatic heterocycles. The van der Waals surface area contributed by atoms with E-state index in [0.717, 1.165) is 18.7 Å². The zero-order chi connectivity index (χ0) is 15.5. The summed E-state index contributed by atoms with van der Waals surface area (Å²) in [6, 6.07) is 5.66. The molecule has 0 saturated carbocycles. The third-order valence-corrected chi connectivity index (χ3v) is 3.71. The molecule has 22 heavy (non-hydrogen) atoms. The second kappa shape index (κ2) is 6.36. The number of benzene rings is 1. The Labute approximate surface area is 127 Å². The molecule has 1 aromatic carbocycles. The molecule has 1 aliphatic heterocycles. The monoisotopic (exact) mass is 305 g/mol. The summed E-state index contributed by atoms with van der Waals surface area (Å²) in [6.07, 6.45) is 0.928. The van der Waals surface area contributed by atoms with Gasteiger partial charge in [-0.1, -0.05) is 6.07 Å². The van der Waals surface area contributed by atoms with Crippen LogP contribution in [0, 0.1) is 18.6 Å². The topological polar surface area (TPSA) is 47.0 Å². The van der Waals surface area contributed by atoms with Crippen LogP contribution in [0.3, 0.4) is 0 Å². The molecule has 2 aromatic rings. The highest BCUT2D eigenvalue weighted by atomic mass is 19.1. The lowest BCUT2D eigenvalue weighted by Gasteiger charge is -2.12. The number of halogens is 2. The SMILES string of the molecule is Cc1nc(NCc2c(F)cccc2F)cc(C2CCOC2)n1. The van der Waals surface area contributed by atoms with Gasteiger partial charge in [0.25, 0.3) is 0 Å². The van der Waals surface area contributed by atoms with Gasteiger partial charge in [-0.05, 0) is 25.5 Å². The Balaban J connectivity index is 1.77. The fourth-order valence-electron chi connectivity index (χ4n) is 2.54. The second-order valence-electron chi connectivity index (χ2n) is 5.34. The van der Waals surface area contributed by atoms with Crippen molar-refractivity contribution in [3.8, 4) is 0 Å². The van der Waals surface area contributed by atoms with Crippen molar-refractivity contribution in [1.82, 2.24) is 9.97 Å². The third kappa shape index (κ3) is 3.22. The summed E-state index contributed by atoms with van der Waals surface area (Å²) in [5.41, 5.74) is 0.908. The molecule has 3 rings (SSSR count). The fraction of sp³-hybridized carbons (Fsp3) is 0.375. The standard InChI is InChI=1S/C16H17F2N3O/c1-10-20-15(11-5-6-22-9-11)7-16(21-10)19-8-12-13(17)3-2-4-14(12)18/h2-4,7,11H,5-6,8-9H2,1H3,(H,19,20,21). The number of anilines is 1. The van der Waals surface area contributed by atoms with Crippen molar-refractivity contribution in [3.05, 3.63) is 53.0 Å². The van der Waals surface area contributed by atoms with E-state index in [1.54, 1.807) is 6.92 Å². The van der Waals surface area contributed by atoms with Gasteiger partial charge in [-0.25, -0.2) is 18.7 Å². The van der Waals surface area contributed by atoms with Crippen LogP contribution in [0.2, 0.25) is 0 Å². The molecule has 0 amide bonds. The summed E-state index contributed by atoms with van der Waals surface area (Å²) in [6.45, 7) is 3.22. The van der Waals surface area contributed by atoms with Crippen LogP contribution >= 0.6 is 0 Å². The first-order valence-electron chi connectivity index (χ1n) is 7.23. The number of ether oxygens (including phenoxy) is 1. The molecule has 1 N–H and O–H groups in total. The largest absolute Gasteiger partial charge is 0.381 e. The Morgan fingerprint density at radius 2 is 2.05 bits per heavy atom. The van der Waals surface area contributed by atoms with Gasteiger partial charge in [0.15, 0.2) is 0 Å². The van der Waals surface area contributed by atoms with Gasteiger partial charge in [0, 0.05) is 30.7 Å². The fourth-order valence-corrected chi connectivity index (χ4v) is 2.54. The minimum atomic E-state index is -0.567. The minimum absolute atomic E-state index is 0.00418. The molecule has 6 heteroatoms. The summed E-state index contributed by atoms with van der Waals surface area (Å²) in [5.74, 6) is 0.316. The van der Waals surface area contributed by atoms with E-state index < -0.39 is 11.6 Å². The number of hydrogen-bond acceptors (Lipinski definition) is 4. The molecule has 2 heterocycles. The molecule has 0 spiro atoms. The summed E-state index contributed by atoms with van der Waals surface area (Å²) in [5, 5.41) is 2.98. The second-order valence-corrected chi connectivity index (χ2v) is 5.34. The van der Waals surface area contributed by atoms with E-state index in [9.17, 15) is 8.78 Å². The van der Waals surface area contributed by atoms with Gasteiger partial charge in [-0.3, -0.25) is 0 Å². The number of aromatic nitrogens is 2. The highest BCUT2D eigenvalue weighted by Gasteiger charge is 2.20. The quantitative estimate of drug-likeness (QED) is 0.942. The van der Waals surface area contributed by atoms with Crippen molar-refractivity contribution in [3.63, 3.8) is 0 Å². The van der Waals surface area contributed by atoms with Crippen LogP contribution < -0.4 is 5.32 Å². The Kier molecular flexibility index (Phi) is 4.29. The Morgan fingerprint density at radius 3 is 2.73 bits per heavy atom. The first-order chi connectivity index (χ1) is 10.6. The van der Waals surface area contributed by atoms with Gasteiger partial charge < -0.3 is 10.1 Å². The summed E-state index contributed by atoms with van der Waals surface area (Å²) < 4.78 is 32.6. The number of hydrogen-bond donors (Lipinski definition) is 1. The average Bonchev–Trinajstić information content (AvgIpc) is 3.00. The van der Waals surface area contributed by atoms with Crippen molar-refractivity contribution in [2.24, 2.45) is 0 Å². The van der Waals surface area contributed by atoms with Gasteiger partial charge >= 0.3 is 0 Å². The number of rotatable bonds is 4. The normalized spacial score (nSPS) is 17.7. The third-order valence-electron chi connectivity index (χ3n) is 3.71. The van der Waals surface area contributed by atoms with E-state index >= 15 is 0 Å². The number of aryl methyl sites for hydroxylation is 1. The molecule has 4 nitrogen and oxygen atoms in total. The van der Waals surface area contributed by atoms with Gasteiger partial charge in [0.2, 0.25) is 0 Å². The molecule has 1 saturated heterocycles. The lowest BCUT2D eigenvalue weighted by atomic mass is 10.0. The molecule has 0 bridgehead atoms. The summed E-state index contributed by atoms with van der Waals surface area (Å²) in [7, 11) is 0. The van der Waals surface area contributed by atoms with Crippen LogP contribution in [-0.4, -0.2) is 23.2 Å². The molecule has 0 radical (unpaired) electrons. The zero-order valence-corrected chi connectivity index (χ0v) is 12.3. The van der Waals surface area contributed by atoms with Crippen LogP contribution in [0.4, 0.5) is 14.6 Å². The maximum absolute atomic E-state index is 13.6. The van der Waals surface area contributed by atoms with Crippen molar-refractivity contribution in [1.29, 1.82) is 0 Å². The van der Waals surface area contributed by atoms with E-state index in [4.69, 9.17) is 4.74 Å². The van der Waals surface area contributed by atoms with Crippen molar-refractivity contribution >= 4 is 5.82 Å². The lowest BCUT2D eigenvalue weighted by molar-refractivity contribution is 0.193. The summed E-state index contributed by atoms with van der Waals surface area (Å²) >= 11 is 0. The number of nitrogens with zero attached hydrogens (tertiary/aromatic N) is 2. The first-order valence-corrected chi connectivity index (χ1v) is 7.23. The van der Waals surface area contributed by atoms with Gasteiger partial charge in [0.05, 0.1) is 12.3 Å². The maximum atomic E-state index is 13.6. The minimum Gasteiger partial charge on any atom is -0.381 e. The Hall–Kier alpha value is -2.08.